The highest BCUT2D eigenvalue weighted by molar-refractivity contribution is 7.89. The molecule has 0 aliphatic heterocycles. The molecule has 0 spiro atoms. The van der Waals surface area contributed by atoms with E-state index in [1.165, 1.54) is 0 Å². The molecule has 0 fully saturated rings. The van der Waals surface area contributed by atoms with Crippen molar-refractivity contribution in [2.45, 2.75) is 31.5 Å². The molecule has 0 atom stereocenters. The predicted octanol–water partition coefficient (Wildman–Crippen LogP) is 3.35. The fraction of sp³-hybridized carbons (Fsp3) is 0.286. The summed E-state index contributed by atoms with van der Waals surface area (Å²) in [5.41, 5.74) is 0.917. The van der Waals surface area contributed by atoms with Crippen LogP contribution in [0.5, 0.6) is 0 Å². The molecule has 166 valence electrons. The Balaban J connectivity index is 2.05. The highest BCUT2D eigenvalue weighted by Crippen LogP contribution is 2.31. The van der Waals surface area contributed by atoms with Crippen molar-refractivity contribution in [1.29, 1.82) is 0 Å². The summed E-state index contributed by atoms with van der Waals surface area (Å²) in [6, 6.07) is 8.63. The molecular formula is C21H21F3N2O4S. The number of sulfonamides is 1. The van der Waals surface area contributed by atoms with Crippen LogP contribution >= 0.6 is 0 Å². The number of nitrogens with one attached hydrogen (secondary N) is 1. The van der Waals surface area contributed by atoms with Crippen molar-refractivity contribution in [2.24, 2.45) is 0 Å². The standard InChI is InChI=1S/C21H21F3N2O4S/c1-13-8-14(2)18-10-15(20(28)25-19(18)9-13)12-26(6-7-27)31(29,30)17-5-3-4-16(11-17)21(22,23)24/h3-5,8-11,27H,6-7,12H2,1-2H3,(H,25,28). The van der Waals surface area contributed by atoms with Crippen LogP contribution in [0.2, 0.25) is 0 Å². The van der Waals surface area contributed by atoms with Crippen molar-refractivity contribution in [2.75, 3.05) is 13.2 Å². The second kappa shape index (κ2) is 8.45. The zero-order valence-electron chi connectivity index (χ0n) is 16.8. The lowest BCUT2D eigenvalue weighted by Gasteiger charge is -2.22. The quantitative estimate of drug-likeness (QED) is 0.598. The Hall–Kier alpha value is -2.69. The van der Waals surface area contributed by atoms with Gasteiger partial charge in [0.05, 0.1) is 17.1 Å². The average molecular weight is 454 g/mol. The van der Waals surface area contributed by atoms with E-state index in [4.69, 9.17) is 0 Å². The van der Waals surface area contributed by atoms with E-state index in [0.29, 0.717) is 11.6 Å². The van der Waals surface area contributed by atoms with Crippen molar-refractivity contribution in [3.8, 4) is 0 Å². The molecule has 0 unspecified atom stereocenters. The van der Waals surface area contributed by atoms with Crippen LogP contribution in [0.15, 0.2) is 52.2 Å². The lowest BCUT2D eigenvalue weighted by atomic mass is 10.0. The molecule has 0 radical (unpaired) electrons. The molecule has 0 bridgehead atoms. The number of hydrogen-bond donors (Lipinski definition) is 2. The number of aromatic amines is 1. The first kappa shape index (κ1) is 23.0. The summed E-state index contributed by atoms with van der Waals surface area (Å²) < 4.78 is 65.9. The molecule has 0 aliphatic carbocycles. The number of aliphatic hydroxyl groups is 1. The maximum atomic E-state index is 13.0. The number of rotatable bonds is 6. The lowest BCUT2D eigenvalue weighted by Crippen LogP contribution is -2.35. The van der Waals surface area contributed by atoms with Gasteiger partial charge in [0.25, 0.3) is 5.56 Å². The van der Waals surface area contributed by atoms with Gasteiger partial charge in [-0.3, -0.25) is 4.79 Å². The lowest BCUT2D eigenvalue weighted by molar-refractivity contribution is -0.137. The number of benzene rings is 2. The van der Waals surface area contributed by atoms with E-state index in [9.17, 15) is 31.5 Å². The summed E-state index contributed by atoms with van der Waals surface area (Å²) in [7, 11) is -4.41. The smallest absolute Gasteiger partial charge is 0.395 e. The van der Waals surface area contributed by atoms with Crippen molar-refractivity contribution in [3.63, 3.8) is 0 Å². The summed E-state index contributed by atoms with van der Waals surface area (Å²) in [6.45, 7) is 2.37. The number of aliphatic hydroxyl groups excluding tert-OH is 1. The van der Waals surface area contributed by atoms with Gasteiger partial charge in [-0.05, 0) is 55.3 Å². The SMILES string of the molecule is Cc1cc(C)c2cc(CN(CCO)S(=O)(=O)c3cccc(C(F)(F)F)c3)c(=O)[nH]c2c1. The van der Waals surface area contributed by atoms with Gasteiger partial charge in [-0.1, -0.05) is 12.1 Å². The molecular weight excluding hydrogens is 433 g/mol. The minimum atomic E-state index is -4.71. The van der Waals surface area contributed by atoms with Crippen LogP contribution in [0.4, 0.5) is 13.2 Å². The van der Waals surface area contributed by atoms with Gasteiger partial charge in [0.1, 0.15) is 0 Å². The molecule has 1 aromatic heterocycles. The van der Waals surface area contributed by atoms with Crippen LogP contribution in [-0.2, 0) is 22.7 Å². The molecule has 0 saturated heterocycles. The van der Waals surface area contributed by atoms with Gasteiger partial charge in [-0.15, -0.1) is 0 Å². The Morgan fingerprint density at radius 1 is 1.10 bits per heavy atom. The molecule has 2 N–H and O–H groups in total. The fourth-order valence-electron chi connectivity index (χ4n) is 3.40. The van der Waals surface area contributed by atoms with Gasteiger partial charge in [0, 0.05) is 29.6 Å². The first-order chi connectivity index (χ1) is 14.4. The van der Waals surface area contributed by atoms with E-state index < -0.39 is 45.4 Å². The molecule has 0 saturated carbocycles. The van der Waals surface area contributed by atoms with Crippen molar-refractivity contribution < 1.29 is 26.7 Å². The average Bonchev–Trinajstić information content (AvgIpc) is 2.67. The summed E-state index contributed by atoms with van der Waals surface area (Å²) >= 11 is 0. The number of aromatic nitrogens is 1. The Morgan fingerprint density at radius 2 is 1.81 bits per heavy atom. The fourth-order valence-corrected chi connectivity index (χ4v) is 4.86. The minimum absolute atomic E-state index is 0.114. The predicted molar refractivity (Wildman–Crippen MR) is 110 cm³/mol. The van der Waals surface area contributed by atoms with E-state index in [1.807, 2.05) is 19.9 Å². The van der Waals surface area contributed by atoms with E-state index in [-0.39, 0.29) is 12.1 Å². The Bertz CT molecular complexity index is 1280. The Kier molecular flexibility index (Phi) is 6.26. The minimum Gasteiger partial charge on any atom is -0.395 e. The van der Waals surface area contributed by atoms with Gasteiger partial charge in [0.2, 0.25) is 10.0 Å². The summed E-state index contributed by atoms with van der Waals surface area (Å²) in [5, 5.41) is 10.1. The van der Waals surface area contributed by atoms with Crippen molar-refractivity contribution in [1.82, 2.24) is 9.29 Å². The summed E-state index contributed by atoms with van der Waals surface area (Å²) in [6.07, 6.45) is -4.71. The summed E-state index contributed by atoms with van der Waals surface area (Å²) in [5.74, 6) is 0. The molecule has 0 amide bonds. The van der Waals surface area contributed by atoms with Crippen LogP contribution in [0.25, 0.3) is 10.9 Å². The number of nitrogens with zero attached hydrogens (tertiary/aromatic N) is 1. The molecule has 3 rings (SSSR count). The van der Waals surface area contributed by atoms with Gasteiger partial charge in [-0.25, -0.2) is 8.42 Å². The van der Waals surface area contributed by atoms with Crippen LogP contribution in [0.3, 0.4) is 0 Å². The number of pyridine rings is 1. The van der Waals surface area contributed by atoms with E-state index in [1.54, 1.807) is 12.1 Å². The second-order valence-corrected chi connectivity index (χ2v) is 9.19. The maximum Gasteiger partial charge on any atom is 0.416 e. The monoisotopic (exact) mass is 454 g/mol. The highest BCUT2D eigenvalue weighted by Gasteiger charge is 2.33. The molecule has 31 heavy (non-hydrogen) atoms. The Labute approximate surface area is 177 Å². The number of halogens is 3. The molecule has 2 aromatic carbocycles. The maximum absolute atomic E-state index is 13.0. The zero-order chi connectivity index (χ0) is 23.0. The van der Waals surface area contributed by atoms with Crippen LogP contribution < -0.4 is 5.56 Å². The normalized spacial score (nSPS) is 12.6. The Morgan fingerprint density at radius 3 is 2.45 bits per heavy atom. The number of aryl methyl sites for hydroxylation is 2. The molecule has 10 heteroatoms. The number of alkyl halides is 3. The number of fused-ring (bicyclic) bond motifs is 1. The highest BCUT2D eigenvalue weighted by atomic mass is 32.2. The summed E-state index contributed by atoms with van der Waals surface area (Å²) in [4.78, 5) is 14.7. The molecule has 0 aliphatic rings. The third kappa shape index (κ3) is 4.81. The topological polar surface area (TPSA) is 90.5 Å². The second-order valence-electron chi connectivity index (χ2n) is 7.25. The molecule has 1 heterocycles. The van der Waals surface area contributed by atoms with E-state index in [2.05, 4.69) is 4.98 Å². The van der Waals surface area contributed by atoms with E-state index >= 15 is 0 Å². The van der Waals surface area contributed by atoms with Crippen molar-refractivity contribution in [3.05, 3.63) is 75.1 Å². The van der Waals surface area contributed by atoms with Crippen LogP contribution in [-0.4, -0.2) is 36.0 Å². The first-order valence-electron chi connectivity index (χ1n) is 9.35. The van der Waals surface area contributed by atoms with Gasteiger partial charge in [-0.2, -0.15) is 17.5 Å². The number of hydrogen-bond acceptors (Lipinski definition) is 4. The van der Waals surface area contributed by atoms with Crippen LogP contribution in [0.1, 0.15) is 22.3 Å². The van der Waals surface area contributed by atoms with E-state index in [0.717, 1.165) is 39.0 Å². The van der Waals surface area contributed by atoms with Gasteiger partial charge < -0.3 is 10.1 Å². The van der Waals surface area contributed by atoms with Crippen LogP contribution in [0, 0.1) is 13.8 Å². The number of H-pyrrole nitrogens is 1. The zero-order valence-corrected chi connectivity index (χ0v) is 17.6. The van der Waals surface area contributed by atoms with Crippen molar-refractivity contribution >= 4 is 20.9 Å². The largest absolute Gasteiger partial charge is 0.416 e. The first-order valence-corrected chi connectivity index (χ1v) is 10.8. The van der Waals surface area contributed by atoms with Gasteiger partial charge in [0.15, 0.2) is 0 Å². The third-order valence-electron chi connectivity index (χ3n) is 4.88. The third-order valence-corrected chi connectivity index (χ3v) is 6.73. The molecule has 3 aromatic rings. The van der Waals surface area contributed by atoms with Gasteiger partial charge >= 0.3 is 6.18 Å². The molecule has 6 nitrogen and oxygen atoms in total.